The second kappa shape index (κ2) is 6.29. The molecule has 2 amide bonds. The maximum atomic E-state index is 12.6. The molecule has 0 N–H and O–H groups in total. The van der Waals surface area contributed by atoms with E-state index in [4.69, 9.17) is 32.7 Å². The van der Waals surface area contributed by atoms with Gasteiger partial charge < -0.3 is 9.47 Å². The van der Waals surface area contributed by atoms with Crippen molar-refractivity contribution in [3.8, 4) is 11.5 Å². The number of carbonyl (C=O) groups is 2. The van der Waals surface area contributed by atoms with E-state index in [1.54, 1.807) is 42.5 Å². The molecule has 0 saturated carbocycles. The zero-order valence-corrected chi connectivity index (χ0v) is 14.8. The van der Waals surface area contributed by atoms with E-state index in [1.807, 2.05) is 0 Å². The lowest BCUT2D eigenvalue weighted by molar-refractivity contribution is -0.113. The van der Waals surface area contributed by atoms with Gasteiger partial charge in [0.25, 0.3) is 11.1 Å². The summed E-state index contributed by atoms with van der Waals surface area (Å²) in [6.07, 6.45) is 1.57. The summed E-state index contributed by atoms with van der Waals surface area (Å²) in [5, 5.41) is 0.552. The van der Waals surface area contributed by atoms with Crippen molar-refractivity contribution >= 4 is 57.9 Å². The topological polar surface area (TPSA) is 55.8 Å². The van der Waals surface area contributed by atoms with Crippen LogP contribution in [-0.4, -0.2) is 17.9 Å². The van der Waals surface area contributed by atoms with Crippen molar-refractivity contribution in [1.82, 2.24) is 0 Å². The first-order chi connectivity index (χ1) is 12.0. The summed E-state index contributed by atoms with van der Waals surface area (Å²) in [6, 6.07) is 9.79. The minimum absolute atomic E-state index is 0.127. The van der Waals surface area contributed by atoms with Gasteiger partial charge in [-0.2, -0.15) is 0 Å². The van der Waals surface area contributed by atoms with E-state index in [0.717, 1.165) is 16.7 Å². The van der Waals surface area contributed by atoms with E-state index in [-0.39, 0.29) is 16.9 Å². The normalized spacial score (nSPS) is 17.7. The van der Waals surface area contributed by atoms with Gasteiger partial charge in [0.05, 0.1) is 15.6 Å². The average Bonchev–Trinajstić information content (AvgIpc) is 3.13. The van der Waals surface area contributed by atoms with Crippen LogP contribution in [0.5, 0.6) is 11.5 Å². The number of imide groups is 1. The van der Waals surface area contributed by atoms with Gasteiger partial charge in [0, 0.05) is 11.1 Å². The Hall–Kier alpha value is -2.15. The molecule has 1 fully saturated rings. The van der Waals surface area contributed by atoms with Gasteiger partial charge in [-0.25, -0.2) is 4.90 Å². The molecule has 8 heteroatoms. The molecule has 0 aliphatic carbocycles. The van der Waals surface area contributed by atoms with Gasteiger partial charge >= 0.3 is 0 Å². The van der Waals surface area contributed by atoms with Crippen LogP contribution in [0.15, 0.2) is 41.3 Å². The molecule has 2 heterocycles. The van der Waals surface area contributed by atoms with Crippen molar-refractivity contribution in [1.29, 1.82) is 0 Å². The highest BCUT2D eigenvalue weighted by molar-refractivity contribution is 8.19. The minimum atomic E-state index is -0.411. The van der Waals surface area contributed by atoms with Crippen LogP contribution < -0.4 is 14.4 Å². The van der Waals surface area contributed by atoms with Crippen LogP contribution >= 0.6 is 35.0 Å². The van der Waals surface area contributed by atoms with Crippen molar-refractivity contribution in [3.63, 3.8) is 0 Å². The minimum Gasteiger partial charge on any atom is -0.454 e. The van der Waals surface area contributed by atoms with Crippen LogP contribution in [0.25, 0.3) is 6.08 Å². The predicted octanol–water partition coefficient (Wildman–Crippen LogP) is 4.96. The van der Waals surface area contributed by atoms with Gasteiger partial charge in [0.15, 0.2) is 11.5 Å². The zero-order chi connectivity index (χ0) is 17.6. The Morgan fingerprint density at radius 2 is 1.72 bits per heavy atom. The van der Waals surface area contributed by atoms with E-state index in [2.05, 4.69) is 0 Å². The predicted molar refractivity (Wildman–Crippen MR) is 97.5 cm³/mol. The summed E-state index contributed by atoms with van der Waals surface area (Å²) in [5.74, 6) is 0.690. The van der Waals surface area contributed by atoms with E-state index in [0.29, 0.717) is 32.8 Å². The van der Waals surface area contributed by atoms with Crippen LogP contribution in [0.3, 0.4) is 0 Å². The third-order valence-electron chi connectivity index (χ3n) is 3.66. The molecule has 2 aliphatic rings. The van der Waals surface area contributed by atoms with Gasteiger partial charge in [0.2, 0.25) is 6.79 Å². The first kappa shape index (κ1) is 16.3. The first-order valence-electron chi connectivity index (χ1n) is 7.15. The van der Waals surface area contributed by atoms with Crippen LogP contribution in [0, 0.1) is 0 Å². The van der Waals surface area contributed by atoms with E-state index in [1.165, 1.54) is 0 Å². The number of halogens is 2. The molecule has 126 valence electrons. The molecule has 5 nitrogen and oxygen atoms in total. The van der Waals surface area contributed by atoms with E-state index >= 15 is 0 Å². The lowest BCUT2D eigenvalue weighted by Crippen LogP contribution is -2.27. The molecule has 1 saturated heterocycles. The zero-order valence-electron chi connectivity index (χ0n) is 12.5. The summed E-state index contributed by atoms with van der Waals surface area (Å²) in [6.45, 7) is 0.127. The van der Waals surface area contributed by atoms with Crippen molar-refractivity contribution in [2.45, 2.75) is 0 Å². The van der Waals surface area contributed by atoms with Gasteiger partial charge in [-0.05, 0) is 53.7 Å². The molecule has 25 heavy (non-hydrogen) atoms. The van der Waals surface area contributed by atoms with Crippen LogP contribution in [0.2, 0.25) is 10.0 Å². The molecule has 4 rings (SSSR count). The third kappa shape index (κ3) is 2.97. The number of amides is 2. The molecular weight excluding hydrogens is 385 g/mol. The Morgan fingerprint density at radius 1 is 1.04 bits per heavy atom. The van der Waals surface area contributed by atoms with Crippen molar-refractivity contribution < 1.29 is 19.1 Å². The quantitative estimate of drug-likeness (QED) is 0.674. The van der Waals surface area contributed by atoms with Crippen LogP contribution in [0.4, 0.5) is 10.5 Å². The second-order valence-corrected chi connectivity index (χ2v) is 7.06. The number of fused-ring (bicyclic) bond motifs is 1. The van der Waals surface area contributed by atoms with Crippen molar-refractivity contribution in [2.24, 2.45) is 0 Å². The highest BCUT2D eigenvalue weighted by Gasteiger charge is 2.36. The molecule has 0 radical (unpaired) electrons. The van der Waals surface area contributed by atoms with E-state index in [9.17, 15) is 9.59 Å². The molecule has 0 aromatic heterocycles. The Balaban J connectivity index is 1.68. The number of thioether (sulfide) groups is 1. The number of hydrogen-bond donors (Lipinski definition) is 0. The van der Waals surface area contributed by atoms with Gasteiger partial charge in [-0.3, -0.25) is 9.59 Å². The first-order valence-corrected chi connectivity index (χ1v) is 8.73. The maximum Gasteiger partial charge on any atom is 0.298 e. The summed E-state index contributed by atoms with van der Waals surface area (Å²) >= 11 is 12.9. The number of benzene rings is 2. The summed E-state index contributed by atoms with van der Waals surface area (Å²) < 4.78 is 10.6. The summed E-state index contributed by atoms with van der Waals surface area (Å²) in [4.78, 5) is 26.3. The van der Waals surface area contributed by atoms with Crippen molar-refractivity contribution in [3.05, 3.63) is 56.9 Å². The lowest BCUT2D eigenvalue weighted by Gasteiger charge is -2.12. The standard InChI is InChI=1S/C17H9Cl2NO4S/c18-10-1-3-11(4-2-10)20-16(21)15(25-17(20)22)6-9-5-13-14(7-12(9)19)24-8-23-13/h1-7H,8H2/b15-6-. The maximum absolute atomic E-state index is 12.6. The number of rotatable bonds is 2. The molecule has 2 aliphatic heterocycles. The number of carbonyl (C=O) groups excluding carboxylic acids is 2. The molecule has 0 bridgehead atoms. The number of nitrogens with zero attached hydrogens (tertiary/aromatic N) is 1. The van der Waals surface area contributed by atoms with Gasteiger partial charge in [0.1, 0.15) is 0 Å². The Morgan fingerprint density at radius 3 is 2.44 bits per heavy atom. The fraction of sp³-hybridized carbons (Fsp3) is 0.0588. The molecule has 0 atom stereocenters. The third-order valence-corrected chi connectivity index (χ3v) is 5.11. The van der Waals surface area contributed by atoms with Crippen molar-refractivity contribution in [2.75, 3.05) is 11.7 Å². The van der Waals surface area contributed by atoms with Crippen LogP contribution in [-0.2, 0) is 4.79 Å². The second-order valence-electron chi connectivity index (χ2n) is 5.22. The van der Waals surface area contributed by atoms with Gasteiger partial charge in [-0.1, -0.05) is 23.2 Å². The fourth-order valence-electron chi connectivity index (χ4n) is 2.47. The molecule has 2 aromatic carbocycles. The molecular formula is C17H9Cl2NO4S. The average molecular weight is 394 g/mol. The van der Waals surface area contributed by atoms with E-state index < -0.39 is 5.91 Å². The number of ether oxygens (including phenoxy) is 2. The molecule has 0 unspecified atom stereocenters. The fourth-order valence-corrected chi connectivity index (χ4v) is 3.63. The highest BCUT2D eigenvalue weighted by Crippen LogP contribution is 2.40. The van der Waals surface area contributed by atoms with Gasteiger partial charge in [-0.15, -0.1) is 0 Å². The monoisotopic (exact) mass is 393 g/mol. The van der Waals surface area contributed by atoms with Crippen LogP contribution in [0.1, 0.15) is 5.56 Å². The molecule has 2 aromatic rings. The number of anilines is 1. The Labute approximate surface area is 157 Å². The smallest absolute Gasteiger partial charge is 0.298 e. The highest BCUT2D eigenvalue weighted by atomic mass is 35.5. The largest absolute Gasteiger partial charge is 0.454 e. The summed E-state index contributed by atoms with van der Waals surface area (Å²) in [5.41, 5.74) is 1.04. The molecule has 0 spiro atoms. The summed E-state index contributed by atoms with van der Waals surface area (Å²) in [7, 11) is 0. The Kier molecular flexibility index (Phi) is 4.11. The lowest BCUT2D eigenvalue weighted by atomic mass is 10.1. The number of hydrogen-bond acceptors (Lipinski definition) is 5. The SMILES string of the molecule is O=C1S/C(=C\c2cc3c(cc2Cl)OCO3)C(=O)N1c1ccc(Cl)cc1. The Bertz CT molecular complexity index is 927.